The molecule has 1 nitrogen and oxygen atoms in total. The summed E-state index contributed by atoms with van der Waals surface area (Å²) in [4.78, 5) is 1.40. The van der Waals surface area contributed by atoms with Gasteiger partial charge in [-0.25, -0.2) is 0 Å². The summed E-state index contributed by atoms with van der Waals surface area (Å²) in [5.74, 6) is 2.08. The molecule has 0 aliphatic heterocycles. The van der Waals surface area contributed by atoms with E-state index >= 15 is 0 Å². The van der Waals surface area contributed by atoms with Crippen LogP contribution in [-0.2, 0) is 0 Å². The van der Waals surface area contributed by atoms with E-state index in [0.29, 0.717) is 6.04 Å². The van der Waals surface area contributed by atoms with Crippen LogP contribution in [0.25, 0.3) is 0 Å². The zero-order chi connectivity index (χ0) is 13.5. The van der Waals surface area contributed by atoms with Gasteiger partial charge < -0.3 is 5.32 Å². The number of hydrogen-bond acceptors (Lipinski definition) is 2. The molecular weight excluding hydrogens is 250 g/mol. The fraction of sp³-hybridized carbons (Fsp3) is 0.647. The maximum atomic E-state index is 3.56. The van der Waals surface area contributed by atoms with Crippen LogP contribution in [0.15, 0.2) is 29.2 Å². The Labute approximate surface area is 122 Å². The molecule has 1 aliphatic carbocycles. The van der Waals surface area contributed by atoms with E-state index in [1.165, 1.54) is 54.7 Å². The molecule has 1 aromatic carbocycles. The van der Waals surface area contributed by atoms with Gasteiger partial charge in [-0.1, -0.05) is 43.4 Å². The quantitative estimate of drug-likeness (QED) is 0.621. The minimum absolute atomic E-state index is 0.671. The largest absolute Gasteiger partial charge is 0.316 e. The molecule has 0 saturated heterocycles. The molecule has 106 valence electrons. The Balaban J connectivity index is 1.85. The fourth-order valence-corrected chi connectivity index (χ4v) is 4.13. The Kier molecular flexibility index (Phi) is 6.25. The number of aryl methyl sites for hydroxylation is 1. The Bertz CT molecular complexity index is 352. The van der Waals surface area contributed by atoms with E-state index in [0.717, 1.165) is 5.92 Å². The highest BCUT2D eigenvalue weighted by Gasteiger charge is 2.21. The molecule has 1 aliphatic rings. The maximum Gasteiger partial charge on any atom is 0.0186 e. The number of rotatable bonds is 5. The summed E-state index contributed by atoms with van der Waals surface area (Å²) >= 11 is 2.00. The summed E-state index contributed by atoms with van der Waals surface area (Å²) < 4.78 is 0. The van der Waals surface area contributed by atoms with E-state index in [2.05, 4.69) is 43.6 Å². The van der Waals surface area contributed by atoms with Gasteiger partial charge in [-0.2, -0.15) is 0 Å². The lowest BCUT2D eigenvalue weighted by molar-refractivity contribution is 0.359. The Hall–Kier alpha value is -0.470. The SMILES string of the molecule is CNC(CSc1ccc(C)cc1)C1CCCCCC1. The van der Waals surface area contributed by atoms with Crippen molar-refractivity contribution < 1.29 is 0 Å². The predicted molar refractivity (Wildman–Crippen MR) is 85.9 cm³/mol. The summed E-state index contributed by atoms with van der Waals surface area (Å²) in [5.41, 5.74) is 1.35. The third kappa shape index (κ3) is 4.85. The summed E-state index contributed by atoms with van der Waals surface area (Å²) in [6, 6.07) is 9.59. The molecule has 1 unspecified atom stereocenters. The van der Waals surface area contributed by atoms with Crippen LogP contribution < -0.4 is 5.32 Å². The molecule has 0 aromatic heterocycles. The van der Waals surface area contributed by atoms with Crippen LogP contribution in [0.3, 0.4) is 0 Å². The van der Waals surface area contributed by atoms with Gasteiger partial charge in [0, 0.05) is 16.7 Å². The third-order valence-electron chi connectivity index (χ3n) is 4.29. The standard InChI is InChI=1S/C17H27NS/c1-14-9-11-16(12-10-14)19-13-17(18-2)15-7-5-3-4-6-8-15/h9-12,15,17-18H,3-8,13H2,1-2H3. The van der Waals surface area contributed by atoms with E-state index < -0.39 is 0 Å². The average Bonchev–Trinajstić information content (AvgIpc) is 2.71. The highest BCUT2D eigenvalue weighted by molar-refractivity contribution is 7.99. The molecule has 0 radical (unpaired) electrons. The molecule has 0 bridgehead atoms. The van der Waals surface area contributed by atoms with Crippen molar-refractivity contribution in [3.63, 3.8) is 0 Å². The Morgan fingerprint density at radius 1 is 1.11 bits per heavy atom. The first-order valence-electron chi connectivity index (χ1n) is 7.66. The molecular formula is C17H27NS. The molecule has 1 fully saturated rings. The van der Waals surface area contributed by atoms with Crippen LogP contribution in [0, 0.1) is 12.8 Å². The van der Waals surface area contributed by atoms with Crippen molar-refractivity contribution in [2.24, 2.45) is 5.92 Å². The zero-order valence-corrected chi connectivity index (χ0v) is 13.1. The van der Waals surface area contributed by atoms with Crippen molar-refractivity contribution in [1.82, 2.24) is 5.32 Å². The van der Waals surface area contributed by atoms with Crippen molar-refractivity contribution in [3.05, 3.63) is 29.8 Å². The van der Waals surface area contributed by atoms with E-state index in [-0.39, 0.29) is 0 Å². The molecule has 1 atom stereocenters. The van der Waals surface area contributed by atoms with Gasteiger partial charge in [-0.05, 0) is 44.9 Å². The minimum Gasteiger partial charge on any atom is -0.316 e. The average molecular weight is 277 g/mol. The van der Waals surface area contributed by atoms with Crippen molar-refractivity contribution >= 4 is 11.8 Å². The number of benzene rings is 1. The lowest BCUT2D eigenvalue weighted by atomic mass is 9.93. The van der Waals surface area contributed by atoms with Crippen LogP contribution in [0.5, 0.6) is 0 Å². The third-order valence-corrected chi connectivity index (χ3v) is 5.42. The molecule has 0 amide bonds. The lowest BCUT2D eigenvalue weighted by Gasteiger charge is -2.25. The van der Waals surface area contributed by atoms with E-state index in [1.807, 2.05) is 11.8 Å². The molecule has 1 aromatic rings. The van der Waals surface area contributed by atoms with Crippen LogP contribution >= 0.6 is 11.8 Å². The molecule has 2 heteroatoms. The van der Waals surface area contributed by atoms with E-state index in [9.17, 15) is 0 Å². The highest BCUT2D eigenvalue weighted by atomic mass is 32.2. The molecule has 0 spiro atoms. The van der Waals surface area contributed by atoms with Gasteiger partial charge in [-0.3, -0.25) is 0 Å². The van der Waals surface area contributed by atoms with Crippen LogP contribution in [-0.4, -0.2) is 18.8 Å². The monoisotopic (exact) mass is 277 g/mol. The van der Waals surface area contributed by atoms with Crippen LogP contribution in [0.2, 0.25) is 0 Å². The number of hydrogen-bond donors (Lipinski definition) is 1. The van der Waals surface area contributed by atoms with Gasteiger partial charge in [0.1, 0.15) is 0 Å². The Morgan fingerprint density at radius 2 is 1.74 bits per heavy atom. The second-order valence-electron chi connectivity index (χ2n) is 5.77. The highest BCUT2D eigenvalue weighted by Crippen LogP contribution is 2.29. The normalized spacial score (nSPS) is 19.1. The van der Waals surface area contributed by atoms with Crippen molar-refractivity contribution in [3.8, 4) is 0 Å². The molecule has 1 N–H and O–H groups in total. The van der Waals surface area contributed by atoms with E-state index in [1.54, 1.807) is 0 Å². The van der Waals surface area contributed by atoms with Crippen molar-refractivity contribution in [1.29, 1.82) is 0 Å². The summed E-state index contributed by atoms with van der Waals surface area (Å²) in [6.45, 7) is 2.15. The maximum absolute atomic E-state index is 3.56. The summed E-state index contributed by atoms with van der Waals surface area (Å²) in [7, 11) is 2.13. The Morgan fingerprint density at radius 3 is 2.32 bits per heavy atom. The second kappa shape index (κ2) is 7.96. The van der Waals surface area contributed by atoms with Gasteiger partial charge in [0.25, 0.3) is 0 Å². The summed E-state index contributed by atoms with van der Waals surface area (Å²) in [6.07, 6.45) is 8.58. The fourth-order valence-electron chi connectivity index (χ4n) is 2.99. The van der Waals surface area contributed by atoms with Gasteiger partial charge in [0.2, 0.25) is 0 Å². The summed E-state index contributed by atoms with van der Waals surface area (Å²) in [5, 5.41) is 3.56. The van der Waals surface area contributed by atoms with Crippen molar-refractivity contribution in [2.45, 2.75) is 56.4 Å². The van der Waals surface area contributed by atoms with Crippen LogP contribution in [0.4, 0.5) is 0 Å². The van der Waals surface area contributed by atoms with Gasteiger partial charge in [0.05, 0.1) is 0 Å². The molecule has 0 heterocycles. The first-order chi connectivity index (χ1) is 9.29. The van der Waals surface area contributed by atoms with Gasteiger partial charge in [0.15, 0.2) is 0 Å². The zero-order valence-electron chi connectivity index (χ0n) is 12.3. The first kappa shape index (κ1) is 14.9. The second-order valence-corrected chi connectivity index (χ2v) is 6.86. The minimum atomic E-state index is 0.671. The molecule has 2 rings (SSSR count). The molecule has 1 saturated carbocycles. The van der Waals surface area contributed by atoms with Gasteiger partial charge in [-0.15, -0.1) is 11.8 Å². The number of nitrogens with one attached hydrogen (secondary N) is 1. The smallest absolute Gasteiger partial charge is 0.0186 e. The molecule has 19 heavy (non-hydrogen) atoms. The first-order valence-corrected chi connectivity index (χ1v) is 8.65. The van der Waals surface area contributed by atoms with Crippen LogP contribution in [0.1, 0.15) is 44.1 Å². The van der Waals surface area contributed by atoms with Gasteiger partial charge >= 0.3 is 0 Å². The predicted octanol–water partition coefficient (Wildman–Crippen LogP) is 4.65. The lowest BCUT2D eigenvalue weighted by Crippen LogP contribution is -2.35. The number of thioether (sulfide) groups is 1. The van der Waals surface area contributed by atoms with Crippen molar-refractivity contribution in [2.75, 3.05) is 12.8 Å². The topological polar surface area (TPSA) is 12.0 Å². The van der Waals surface area contributed by atoms with E-state index in [4.69, 9.17) is 0 Å².